The van der Waals surface area contributed by atoms with E-state index in [1.807, 2.05) is 42.5 Å². The Balaban J connectivity index is 1.22. The van der Waals surface area contributed by atoms with Crippen LogP contribution in [0.3, 0.4) is 0 Å². The van der Waals surface area contributed by atoms with Gasteiger partial charge in [-0.1, -0.05) is 109 Å². The monoisotopic (exact) mass is 614 g/mol. The number of nitrogens with one attached hydrogen (secondary N) is 1. The van der Waals surface area contributed by atoms with Gasteiger partial charge in [0.05, 0.1) is 18.8 Å². The molecule has 0 radical (unpaired) electrons. The van der Waals surface area contributed by atoms with Crippen LogP contribution in [0.25, 0.3) is 21.9 Å². The molecule has 0 bridgehead atoms. The Morgan fingerprint density at radius 1 is 0.870 bits per heavy atom. The van der Waals surface area contributed by atoms with E-state index in [0.29, 0.717) is 6.54 Å². The molecule has 0 saturated carbocycles. The van der Waals surface area contributed by atoms with Crippen LogP contribution in [-0.2, 0) is 27.4 Å². The Labute approximate surface area is 271 Å². The molecule has 1 amide bonds. The van der Waals surface area contributed by atoms with Gasteiger partial charge in [-0.15, -0.1) is 0 Å². The van der Waals surface area contributed by atoms with Crippen LogP contribution < -0.4 is 5.32 Å². The molecule has 0 unspecified atom stereocenters. The Kier molecular flexibility index (Phi) is 9.91. The number of rotatable bonds is 10. The molecule has 236 valence electrons. The van der Waals surface area contributed by atoms with Crippen molar-refractivity contribution in [3.05, 3.63) is 143 Å². The number of ether oxygens (including phenoxy) is 2. The van der Waals surface area contributed by atoms with Gasteiger partial charge in [-0.05, 0) is 64.2 Å². The number of fused-ring (bicyclic) bond motifs is 1. The van der Waals surface area contributed by atoms with Gasteiger partial charge < -0.3 is 19.9 Å². The van der Waals surface area contributed by atoms with Crippen molar-refractivity contribution in [2.75, 3.05) is 13.6 Å². The highest BCUT2D eigenvalue weighted by molar-refractivity contribution is 5.83. The molecule has 0 aliphatic carbocycles. The number of likely N-dealkylation sites (N-methyl/N-ethyl adjacent to an activating group) is 1. The minimum atomic E-state index is -0.533. The predicted octanol–water partition coefficient (Wildman–Crippen LogP) is 7.87. The fourth-order valence-corrected chi connectivity index (χ4v) is 6.23. The van der Waals surface area contributed by atoms with Crippen molar-refractivity contribution in [3.8, 4) is 11.1 Å². The summed E-state index contributed by atoms with van der Waals surface area (Å²) < 4.78 is 13.3. The summed E-state index contributed by atoms with van der Waals surface area (Å²) in [5, 5.41) is 15.0. The molecule has 0 aromatic heterocycles. The molecule has 1 fully saturated rings. The first-order chi connectivity index (χ1) is 22.4. The Morgan fingerprint density at radius 3 is 2.30 bits per heavy atom. The van der Waals surface area contributed by atoms with Crippen molar-refractivity contribution < 1.29 is 19.4 Å². The third-order valence-corrected chi connectivity index (χ3v) is 9.06. The maximum atomic E-state index is 11.5. The summed E-state index contributed by atoms with van der Waals surface area (Å²) in [7, 11) is 2.16. The summed E-state index contributed by atoms with van der Waals surface area (Å²) in [6.45, 7) is 5.01. The molecule has 6 nitrogen and oxygen atoms in total. The number of amides is 1. The number of aliphatic hydroxyl groups is 1. The first-order valence-corrected chi connectivity index (χ1v) is 16.0. The third-order valence-electron chi connectivity index (χ3n) is 9.06. The lowest BCUT2D eigenvalue weighted by atomic mass is 9.97. The summed E-state index contributed by atoms with van der Waals surface area (Å²) in [5.41, 5.74) is 7.39. The molecule has 1 heterocycles. The van der Waals surface area contributed by atoms with E-state index in [9.17, 15) is 9.90 Å². The summed E-state index contributed by atoms with van der Waals surface area (Å²) in [5.74, 6) is -0.0517. The van der Waals surface area contributed by atoms with Gasteiger partial charge in [0, 0.05) is 38.0 Å². The Bertz CT molecular complexity index is 1770. The largest absolute Gasteiger partial charge is 0.392 e. The molecule has 1 aliphatic rings. The van der Waals surface area contributed by atoms with E-state index in [0.717, 1.165) is 46.3 Å². The number of benzene rings is 5. The summed E-state index contributed by atoms with van der Waals surface area (Å²) in [4.78, 5) is 13.9. The van der Waals surface area contributed by atoms with Crippen molar-refractivity contribution in [3.63, 3.8) is 0 Å². The second-order valence-electron chi connectivity index (χ2n) is 12.3. The quantitative estimate of drug-likeness (QED) is 0.168. The van der Waals surface area contributed by atoms with E-state index in [-0.39, 0.29) is 30.8 Å². The van der Waals surface area contributed by atoms with Crippen LogP contribution in [-0.4, -0.2) is 35.6 Å². The van der Waals surface area contributed by atoms with E-state index in [1.165, 1.54) is 23.3 Å². The predicted molar refractivity (Wildman–Crippen MR) is 183 cm³/mol. The summed E-state index contributed by atoms with van der Waals surface area (Å²) in [6.07, 6.45) is -0.0290. The Hall–Kier alpha value is -4.33. The molecular formula is C40H42N2O4. The van der Waals surface area contributed by atoms with Gasteiger partial charge in [0.25, 0.3) is 0 Å². The average molecular weight is 615 g/mol. The van der Waals surface area contributed by atoms with Crippen molar-refractivity contribution in [1.82, 2.24) is 10.2 Å². The van der Waals surface area contributed by atoms with Crippen LogP contribution in [0.5, 0.6) is 0 Å². The lowest BCUT2D eigenvalue weighted by Gasteiger charge is -2.39. The first-order valence-electron chi connectivity index (χ1n) is 16.0. The van der Waals surface area contributed by atoms with Crippen molar-refractivity contribution in [2.45, 2.75) is 58.0 Å². The molecule has 4 atom stereocenters. The number of nitrogens with zero attached hydrogens (tertiary/aromatic N) is 1. The van der Waals surface area contributed by atoms with Crippen LogP contribution in [0.4, 0.5) is 0 Å². The second-order valence-corrected chi connectivity index (χ2v) is 12.3. The fraction of sp³-hybridized carbons (Fsp3) is 0.275. The van der Waals surface area contributed by atoms with Crippen LogP contribution in [0.15, 0.2) is 115 Å². The number of hydrogen-bond acceptors (Lipinski definition) is 5. The number of carbonyl (C=O) groups excluding carboxylic acids is 1. The van der Waals surface area contributed by atoms with Gasteiger partial charge in [-0.3, -0.25) is 9.69 Å². The van der Waals surface area contributed by atoms with Crippen LogP contribution in [0, 0.1) is 0 Å². The molecule has 5 aromatic rings. The van der Waals surface area contributed by atoms with Gasteiger partial charge in [0.1, 0.15) is 0 Å². The SMILES string of the molecule is CC(=O)NCc1ccccc1-c1ccc([C@H]2O[C@@H](CN(C)[C@H](C)c3ccc4ccccc4c3)C[C@@H](c3ccc(CO)cc3)O2)cc1. The van der Waals surface area contributed by atoms with E-state index in [2.05, 4.69) is 97.0 Å². The lowest BCUT2D eigenvalue weighted by Crippen LogP contribution is -2.38. The summed E-state index contributed by atoms with van der Waals surface area (Å²) in [6, 6.07) is 39.8. The first kappa shape index (κ1) is 31.6. The van der Waals surface area contributed by atoms with E-state index >= 15 is 0 Å². The second kappa shape index (κ2) is 14.4. The van der Waals surface area contributed by atoms with Crippen LogP contribution in [0.1, 0.15) is 66.5 Å². The molecule has 6 heteroatoms. The molecule has 2 N–H and O–H groups in total. The standard InChI is InChI=1S/C40H42N2O4/c1-27(34-21-16-30-8-4-5-9-35(30)22-34)42(3)25-37-23-39(32-14-12-29(26-43)13-15-32)46-40(45-37)33-19-17-31(18-20-33)38-11-7-6-10-36(38)24-41-28(2)44/h4-22,27,37,39-40,43H,23-26H2,1-3H3,(H,41,44)/t27-,37-,39+,40+/m1/s1. The molecule has 46 heavy (non-hydrogen) atoms. The van der Waals surface area contributed by atoms with E-state index in [1.54, 1.807) is 0 Å². The Morgan fingerprint density at radius 2 is 1.57 bits per heavy atom. The molecule has 1 aliphatic heterocycles. The van der Waals surface area contributed by atoms with E-state index < -0.39 is 6.29 Å². The van der Waals surface area contributed by atoms with Crippen molar-refractivity contribution in [1.29, 1.82) is 0 Å². The molecule has 0 spiro atoms. The van der Waals surface area contributed by atoms with Gasteiger partial charge in [-0.25, -0.2) is 0 Å². The highest BCUT2D eigenvalue weighted by Gasteiger charge is 2.33. The molecular weight excluding hydrogens is 572 g/mol. The molecule has 5 aromatic carbocycles. The van der Waals surface area contributed by atoms with Crippen LogP contribution >= 0.6 is 0 Å². The van der Waals surface area contributed by atoms with Crippen molar-refractivity contribution in [2.24, 2.45) is 0 Å². The van der Waals surface area contributed by atoms with Crippen molar-refractivity contribution >= 4 is 16.7 Å². The normalized spacial score (nSPS) is 18.8. The molecule has 6 rings (SSSR count). The minimum absolute atomic E-state index is 0.0118. The molecule has 1 saturated heterocycles. The minimum Gasteiger partial charge on any atom is -0.392 e. The topological polar surface area (TPSA) is 71.0 Å². The zero-order valence-electron chi connectivity index (χ0n) is 26.7. The highest BCUT2D eigenvalue weighted by Crippen LogP contribution is 2.39. The number of aliphatic hydroxyl groups excluding tert-OH is 1. The smallest absolute Gasteiger partial charge is 0.217 e. The maximum absolute atomic E-state index is 11.5. The van der Waals surface area contributed by atoms with Crippen LogP contribution in [0.2, 0.25) is 0 Å². The third kappa shape index (κ3) is 7.38. The van der Waals surface area contributed by atoms with Gasteiger partial charge in [0.2, 0.25) is 5.91 Å². The number of carbonyl (C=O) groups is 1. The lowest BCUT2D eigenvalue weighted by molar-refractivity contribution is -0.253. The summed E-state index contributed by atoms with van der Waals surface area (Å²) >= 11 is 0. The average Bonchev–Trinajstić information content (AvgIpc) is 3.10. The highest BCUT2D eigenvalue weighted by atomic mass is 16.7. The van der Waals surface area contributed by atoms with E-state index in [4.69, 9.17) is 9.47 Å². The van der Waals surface area contributed by atoms with Gasteiger partial charge in [-0.2, -0.15) is 0 Å². The fourth-order valence-electron chi connectivity index (χ4n) is 6.23. The maximum Gasteiger partial charge on any atom is 0.217 e. The number of hydrogen-bond donors (Lipinski definition) is 2. The van der Waals surface area contributed by atoms with Gasteiger partial charge >= 0.3 is 0 Å². The zero-order valence-corrected chi connectivity index (χ0v) is 26.7. The zero-order chi connectivity index (χ0) is 32.0. The van der Waals surface area contributed by atoms with Gasteiger partial charge in [0.15, 0.2) is 6.29 Å².